The second kappa shape index (κ2) is 24.3. The summed E-state index contributed by atoms with van der Waals surface area (Å²) in [6, 6.07) is 5.58. The minimum atomic E-state index is -2.50. The van der Waals surface area contributed by atoms with Gasteiger partial charge in [-0.05, 0) is 49.8 Å². The van der Waals surface area contributed by atoms with Crippen LogP contribution in [0.5, 0.6) is 5.75 Å². The van der Waals surface area contributed by atoms with Crippen molar-refractivity contribution in [3.63, 3.8) is 0 Å². The number of aliphatic hydroxyl groups is 2. The van der Waals surface area contributed by atoms with E-state index in [2.05, 4.69) is 19.2 Å². The highest BCUT2D eigenvalue weighted by molar-refractivity contribution is 5.92. The molecule has 4 atom stereocenters. The van der Waals surface area contributed by atoms with E-state index in [1.165, 1.54) is 38.9 Å². The van der Waals surface area contributed by atoms with Gasteiger partial charge in [-0.15, -0.1) is 0 Å². The van der Waals surface area contributed by atoms with Crippen molar-refractivity contribution >= 4 is 17.8 Å². The molecular formula is C36H59NO9. The molecule has 0 saturated carbocycles. The van der Waals surface area contributed by atoms with E-state index in [1.807, 2.05) is 0 Å². The number of aliphatic hydroxyl groups excluding tert-OH is 1. The average molecular weight is 650 g/mol. The van der Waals surface area contributed by atoms with Gasteiger partial charge in [0.05, 0.1) is 18.6 Å². The number of carbonyl (C=O) groups is 3. The first-order chi connectivity index (χ1) is 22.1. The number of unbranched alkanes of at least 4 members (excludes halogenated alkanes) is 9. The second-order valence-corrected chi connectivity index (χ2v) is 12.2. The van der Waals surface area contributed by atoms with Crippen molar-refractivity contribution in [1.82, 2.24) is 5.32 Å². The zero-order chi connectivity index (χ0) is 34.2. The molecule has 1 unspecified atom stereocenters. The Morgan fingerprint density at radius 1 is 0.870 bits per heavy atom. The van der Waals surface area contributed by atoms with Gasteiger partial charge in [0.15, 0.2) is 5.60 Å². The van der Waals surface area contributed by atoms with Crippen LogP contribution in [0.3, 0.4) is 0 Å². The second-order valence-electron chi connectivity index (χ2n) is 12.2. The van der Waals surface area contributed by atoms with Crippen LogP contribution in [0.25, 0.3) is 0 Å². The van der Waals surface area contributed by atoms with E-state index in [-0.39, 0.29) is 25.6 Å². The van der Waals surface area contributed by atoms with E-state index >= 15 is 0 Å². The van der Waals surface area contributed by atoms with Crippen LogP contribution in [0.4, 0.5) is 0 Å². The Kier molecular flexibility index (Phi) is 21.7. The number of hydrogen-bond acceptors (Lipinski definition) is 7. The molecule has 1 rings (SSSR count). The summed E-state index contributed by atoms with van der Waals surface area (Å²) in [7, 11) is 1.36. The lowest BCUT2D eigenvalue weighted by molar-refractivity contribution is -0.168. The molecule has 0 heterocycles. The van der Waals surface area contributed by atoms with Crippen LogP contribution in [0, 0.1) is 5.92 Å². The molecule has 0 bridgehead atoms. The number of methoxy groups -OCH3 is 1. The largest absolute Gasteiger partial charge is 0.494 e. The van der Waals surface area contributed by atoms with Crippen LogP contribution in [0.1, 0.15) is 116 Å². The molecule has 0 aliphatic heterocycles. The number of amides is 1. The van der Waals surface area contributed by atoms with Crippen LogP contribution >= 0.6 is 0 Å². The Hall–Kier alpha value is -2.95. The molecule has 0 aliphatic carbocycles. The highest BCUT2D eigenvalue weighted by Gasteiger charge is 2.47. The predicted octanol–water partition coefficient (Wildman–Crippen LogP) is 6.06. The lowest BCUT2D eigenvalue weighted by atomic mass is 9.83. The molecule has 0 aliphatic rings. The third-order valence-corrected chi connectivity index (χ3v) is 8.23. The third-order valence-electron chi connectivity index (χ3n) is 8.23. The van der Waals surface area contributed by atoms with Gasteiger partial charge in [0.1, 0.15) is 11.8 Å². The van der Waals surface area contributed by atoms with Crippen molar-refractivity contribution in [2.45, 2.75) is 134 Å². The highest BCUT2D eigenvalue weighted by atomic mass is 16.5. The van der Waals surface area contributed by atoms with Gasteiger partial charge in [-0.3, -0.25) is 4.79 Å². The smallest absolute Gasteiger partial charge is 0.336 e. The van der Waals surface area contributed by atoms with Gasteiger partial charge in [-0.25, -0.2) is 9.59 Å². The number of allylic oxidation sites excluding steroid dienone is 1. The molecule has 0 spiro atoms. The molecule has 5 N–H and O–H groups in total. The summed E-state index contributed by atoms with van der Waals surface area (Å²) in [5.74, 6) is -4.65. The quantitative estimate of drug-likeness (QED) is 0.0536. The van der Waals surface area contributed by atoms with Crippen LogP contribution in [-0.4, -0.2) is 76.3 Å². The number of benzene rings is 1. The van der Waals surface area contributed by atoms with Crippen molar-refractivity contribution in [1.29, 1.82) is 0 Å². The molecule has 10 nitrogen and oxygen atoms in total. The van der Waals surface area contributed by atoms with Crippen LogP contribution in [0.2, 0.25) is 0 Å². The summed E-state index contributed by atoms with van der Waals surface area (Å²) in [6.45, 7) is 4.72. The fraction of sp³-hybridized carbons (Fsp3) is 0.694. The maximum absolute atomic E-state index is 13.4. The van der Waals surface area contributed by atoms with E-state index in [0.717, 1.165) is 57.8 Å². The first-order valence-electron chi connectivity index (χ1n) is 17.1. The first kappa shape index (κ1) is 41.1. The average Bonchev–Trinajstić information content (AvgIpc) is 3.03. The first-order valence-corrected chi connectivity index (χ1v) is 17.1. The lowest BCUT2D eigenvalue weighted by Gasteiger charge is -2.30. The van der Waals surface area contributed by atoms with E-state index in [9.17, 15) is 34.8 Å². The number of aliphatic carboxylic acids is 2. The summed E-state index contributed by atoms with van der Waals surface area (Å²) in [6.07, 6.45) is 15.9. The van der Waals surface area contributed by atoms with Gasteiger partial charge in [-0.2, -0.15) is 0 Å². The molecule has 1 aromatic carbocycles. The number of ether oxygens (including phenoxy) is 2. The molecule has 0 saturated heterocycles. The van der Waals surface area contributed by atoms with Crippen LogP contribution < -0.4 is 10.1 Å². The lowest BCUT2D eigenvalue weighted by Crippen LogP contribution is -2.55. The van der Waals surface area contributed by atoms with Crippen molar-refractivity contribution < 1.29 is 44.3 Å². The molecule has 0 fully saturated rings. The molecule has 262 valence electrons. The number of carboxylic acids is 2. The maximum Gasteiger partial charge on any atom is 0.336 e. The zero-order valence-corrected chi connectivity index (χ0v) is 28.3. The Bertz CT molecular complexity index is 1010. The Morgan fingerprint density at radius 2 is 1.48 bits per heavy atom. The minimum absolute atomic E-state index is 0.0378. The van der Waals surface area contributed by atoms with Gasteiger partial charge >= 0.3 is 11.9 Å². The number of carbonyl (C=O) groups excluding carboxylic acids is 1. The summed E-state index contributed by atoms with van der Waals surface area (Å²) in [5.41, 5.74) is -1.85. The molecular weight excluding hydrogens is 590 g/mol. The van der Waals surface area contributed by atoms with E-state index < -0.39 is 35.4 Å². The number of hydrogen-bond donors (Lipinski definition) is 5. The highest BCUT2D eigenvalue weighted by Crippen LogP contribution is 2.26. The van der Waals surface area contributed by atoms with Gasteiger partial charge < -0.3 is 35.2 Å². The fourth-order valence-corrected chi connectivity index (χ4v) is 5.23. The fourth-order valence-electron chi connectivity index (χ4n) is 5.23. The van der Waals surface area contributed by atoms with E-state index in [0.29, 0.717) is 24.3 Å². The van der Waals surface area contributed by atoms with E-state index in [4.69, 9.17) is 9.47 Å². The van der Waals surface area contributed by atoms with Crippen molar-refractivity contribution in [2.24, 2.45) is 5.92 Å². The summed E-state index contributed by atoms with van der Waals surface area (Å²) >= 11 is 0. The Labute approximate surface area is 275 Å². The van der Waals surface area contributed by atoms with Gasteiger partial charge in [-0.1, -0.05) is 95.9 Å². The van der Waals surface area contributed by atoms with Crippen molar-refractivity contribution in [3.05, 3.63) is 42.0 Å². The van der Waals surface area contributed by atoms with Crippen molar-refractivity contribution in [3.8, 4) is 5.75 Å². The molecule has 1 aromatic rings. The molecule has 46 heavy (non-hydrogen) atoms. The Balaban J connectivity index is 2.79. The van der Waals surface area contributed by atoms with Crippen molar-refractivity contribution in [2.75, 3.05) is 20.3 Å². The molecule has 10 heteroatoms. The SMILES string of the molecule is CCCCCCCC(O)CCCCCC/C=C/[C@H](C(=O)N[C@@H](Cc1ccc(OCCCC)cc1)C(=O)O)[C@@](O)(CCOC)C(=O)O. The zero-order valence-electron chi connectivity index (χ0n) is 28.3. The predicted molar refractivity (Wildman–Crippen MR) is 179 cm³/mol. The molecule has 1 amide bonds. The van der Waals surface area contributed by atoms with Crippen LogP contribution in [0.15, 0.2) is 36.4 Å². The minimum Gasteiger partial charge on any atom is -0.494 e. The normalized spacial score (nSPS) is 14.8. The van der Waals surface area contributed by atoms with Gasteiger partial charge in [0, 0.05) is 26.6 Å². The topological polar surface area (TPSA) is 163 Å². The number of carboxylic acid groups (broad SMARTS) is 2. The monoisotopic (exact) mass is 649 g/mol. The Morgan fingerprint density at radius 3 is 2.04 bits per heavy atom. The third kappa shape index (κ3) is 16.6. The maximum atomic E-state index is 13.4. The van der Waals surface area contributed by atoms with E-state index in [1.54, 1.807) is 30.3 Å². The summed E-state index contributed by atoms with van der Waals surface area (Å²) in [4.78, 5) is 37.7. The van der Waals surface area contributed by atoms with Crippen LogP contribution in [-0.2, 0) is 25.5 Å². The standard InChI is InChI=1S/C36H59NO9/c1-4-6-8-11-14-17-29(38)18-15-12-9-10-13-16-19-31(36(44,35(42)43)24-26-45-3)33(39)37-32(34(40)41)27-28-20-22-30(23-21-28)46-25-7-5-2/h16,19-23,29,31-32,38,44H,4-15,17-18,24-27H2,1-3H3,(H,37,39)(H,40,41)(H,42,43)/b19-16+/t29?,31-,32+,36+/m1/s1. The van der Waals surface area contributed by atoms with Gasteiger partial charge in [0.2, 0.25) is 5.91 Å². The summed E-state index contributed by atoms with van der Waals surface area (Å²) < 4.78 is 10.6. The summed E-state index contributed by atoms with van der Waals surface area (Å²) in [5, 5.41) is 43.6. The van der Waals surface area contributed by atoms with Gasteiger partial charge in [0.25, 0.3) is 0 Å². The molecule has 0 radical (unpaired) electrons. The molecule has 0 aromatic heterocycles. The number of nitrogens with one attached hydrogen (secondary N) is 1. The number of rotatable bonds is 28.